The summed E-state index contributed by atoms with van der Waals surface area (Å²) < 4.78 is 222. The minimum atomic E-state index is -7.83. The van der Waals surface area contributed by atoms with Crippen molar-refractivity contribution in [2.24, 2.45) is 0 Å². The Morgan fingerprint density at radius 3 is 1.39 bits per heavy atom. The highest BCUT2D eigenvalue weighted by Gasteiger charge is 2.89. The Balaban J connectivity index is 3.20. The second-order valence-corrected chi connectivity index (χ2v) is 6.17. The van der Waals surface area contributed by atoms with E-state index in [0.717, 1.165) is 0 Å². The number of hydrogen-bond acceptors (Lipinski definition) is 2. The molecule has 18 heteroatoms. The largest absolute Gasteiger partial charge is 0.461 e. The molecule has 1 aromatic rings. The maximum absolute atomic E-state index is 15.3. The molecule has 0 aromatic heterocycles. The number of allylic oxidation sites excluding steroid dienone is 1. The molecule has 33 heavy (non-hydrogen) atoms. The van der Waals surface area contributed by atoms with E-state index >= 15 is 4.39 Å². The monoisotopic (exact) mass is 520 g/mol. The van der Waals surface area contributed by atoms with Gasteiger partial charge in [-0.05, 0) is 12.1 Å². The predicted molar refractivity (Wildman–Crippen MR) is 71.6 cm³/mol. The van der Waals surface area contributed by atoms with Gasteiger partial charge in [-0.15, -0.1) is 0 Å². The minimum Gasteiger partial charge on any atom is -0.450 e. The van der Waals surface area contributed by atoms with Crippen LogP contribution in [0.15, 0.2) is 35.6 Å². The lowest BCUT2D eigenvalue weighted by Crippen LogP contribution is -2.70. The van der Waals surface area contributed by atoms with Gasteiger partial charge in [-0.2, -0.15) is 65.9 Å². The molecule has 1 aliphatic rings. The van der Waals surface area contributed by atoms with Crippen molar-refractivity contribution < 1.29 is 79.7 Å². The van der Waals surface area contributed by atoms with E-state index in [9.17, 15) is 65.9 Å². The van der Waals surface area contributed by atoms with Gasteiger partial charge in [-0.3, -0.25) is 0 Å². The lowest BCUT2D eigenvalue weighted by molar-refractivity contribution is -0.400. The maximum atomic E-state index is 15.3. The van der Waals surface area contributed by atoms with Gasteiger partial charge in [-0.1, -0.05) is 12.1 Å². The Morgan fingerprint density at radius 2 is 1.03 bits per heavy atom. The van der Waals surface area contributed by atoms with Gasteiger partial charge in [0.25, 0.3) is 0 Å². The third-order valence-electron chi connectivity index (χ3n) is 4.01. The predicted octanol–water partition coefficient (Wildman–Crippen LogP) is 6.97. The van der Waals surface area contributed by atoms with E-state index in [1.54, 1.807) is 0 Å². The van der Waals surface area contributed by atoms with E-state index in [2.05, 4.69) is 9.47 Å². The van der Waals surface area contributed by atoms with E-state index in [1.807, 2.05) is 0 Å². The van der Waals surface area contributed by atoms with Crippen LogP contribution < -0.4 is 9.47 Å². The average molecular weight is 520 g/mol. The van der Waals surface area contributed by atoms with Gasteiger partial charge in [-0.25, -0.2) is 4.39 Å². The van der Waals surface area contributed by atoms with E-state index < -0.39 is 65.0 Å². The second-order valence-electron chi connectivity index (χ2n) is 6.17. The Kier molecular flexibility index (Phi) is 5.84. The fourth-order valence-electron chi connectivity index (χ4n) is 2.56. The highest BCUT2D eigenvalue weighted by atomic mass is 19.4. The third kappa shape index (κ3) is 3.89. The number of hydrogen-bond donors (Lipinski definition) is 0. The molecule has 1 aromatic carbocycles. The molecular formula is C15H4F16O2. The molecule has 0 bridgehead atoms. The molecule has 0 fully saturated rings. The number of alkyl halides is 16. The van der Waals surface area contributed by atoms with Crippen molar-refractivity contribution >= 4 is 0 Å². The Morgan fingerprint density at radius 1 is 0.606 bits per heavy atom. The van der Waals surface area contributed by atoms with Gasteiger partial charge in [0.15, 0.2) is 22.8 Å². The second kappa shape index (κ2) is 7.22. The number of fused-ring (bicyclic) bond motifs is 1. The molecule has 0 spiro atoms. The number of halogens is 16. The molecule has 0 saturated heterocycles. The van der Waals surface area contributed by atoms with E-state index in [0.29, 0.717) is 12.1 Å². The van der Waals surface area contributed by atoms with Crippen molar-refractivity contribution in [2.45, 2.75) is 42.2 Å². The van der Waals surface area contributed by atoms with Crippen molar-refractivity contribution in [1.82, 2.24) is 0 Å². The normalized spacial score (nSPS) is 21.2. The molecule has 1 heterocycles. The smallest absolute Gasteiger partial charge is 0.450 e. The van der Waals surface area contributed by atoms with E-state index in [-0.39, 0.29) is 12.1 Å². The summed E-state index contributed by atoms with van der Waals surface area (Å²) in [5.41, 5.74) is -12.5. The fraction of sp³-hybridized carbons (Fsp3) is 0.467. The molecular weight excluding hydrogens is 516 g/mol. The van der Waals surface area contributed by atoms with Crippen molar-refractivity contribution in [2.75, 3.05) is 0 Å². The van der Waals surface area contributed by atoms with Crippen molar-refractivity contribution in [3.05, 3.63) is 35.6 Å². The quantitative estimate of drug-likeness (QED) is 0.393. The van der Waals surface area contributed by atoms with Crippen LogP contribution in [0.25, 0.3) is 0 Å². The van der Waals surface area contributed by atoms with Gasteiger partial charge in [0.2, 0.25) is 0 Å². The number of rotatable bonds is 2. The summed E-state index contributed by atoms with van der Waals surface area (Å²) in [6, 6.07) is 1.23. The summed E-state index contributed by atoms with van der Waals surface area (Å²) in [5.74, 6) is -22.2. The molecule has 2 nitrogen and oxygen atoms in total. The van der Waals surface area contributed by atoms with Crippen LogP contribution in [0.1, 0.15) is 0 Å². The molecule has 1 aliphatic heterocycles. The minimum absolute atomic E-state index is 0.0273. The molecule has 0 N–H and O–H groups in total. The molecule has 1 unspecified atom stereocenters. The first-order valence-corrected chi connectivity index (χ1v) is 7.67. The van der Waals surface area contributed by atoms with Crippen LogP contribution in [-0.4, -0.2) is 42.2 Å². The molecule has 188 valence electrons. The van der Waals surface area contributed by atoms with Gasteiger partial charge in [0.05, 0.1) is 0 Å². The fourth-order valence-corrected chi connectivity index (χ4v) is 2.56. The van der Waals surface area contributed by atoms with Crippen LogP contribution in [-0.2, 0) is 0 Å². The van der Waals surface area contributed by atoms with Gasteiger partial charge in [0, 0.05) is 0 Å². The van der Waals surface area contributed by atoms with Crippen LogP contribution in [0.5, 0.6) is 11.5 Å². The third-order valence-corrected chi connectivity index (χ3v) is 4.01. The number of ether oxygens (including phenoxy) is 2. The Labute approximate surface area is 170 Å². The van der Waals surface area contributed by atoms with E-state index in [1.165, 1.54) is 0 Å². The standard InChI is InChI=1S/C15H4F16O2/c16-9(17,13(23,24)25)8-7(11(19,20)21)10(18,12(22,14(26,27)28)15(29,30)31)33-6-4-2-1-3-5(6)32-8/h1-4H. The number of para-hydroxylation sites is 2. The molecule has 0 amide bonds. The first kappa shape index (κ1) is 26.7. The van der Waals surface area contributed by atoms with Crippen LogP contribution in [0.2, 0.25) is 0 Å². The summed E-state index contributed by atoms with van der Waals surface area (Å²) in [6.45, 7) is 0. The topological polar surface area (TPSA) is 18.5 Å². The average Bonchev–Trinajstić information content (AvgIpc) is 2.71. The summed E-state index contributed by atoms with van der Waals surface area (Å²) in [6.07, 6.45) is -30.0. The zero-order chi connectivity index (χ0) is 26.1. The Hall–Kier alpha value is -2.56. The first-order valence-electron chi connectivity index (χ1n) is 7.67. The SMILES string of the molecule is FC(F)(F)C1=C(C(F)(F)C(F)(F)F)Oc2ccccc2OC1(F)C(F)(C(F)(F)F)C(F)(F)F. The zero-order valence-electron chi connectivity index (χ0n) is 14.7. The van der Waals surface area contributed by atoms with Crippen LogP contribution in [0, 0.1) is 0 Å². The summed E-state index contributed by atoms with van der Waals surface area (Å²) >= 11 is 0. The summed E-state index contributed by atoms with van der Waals surface area (Å²) in [4.78, 5) is 0. The highest BCUT2D eigenvalue weighted by Crippen LogP contribution is 2.62. The first-order chi connectivity index (χ1) is 14.4. The maximum Gasteiger partial charge on any atom is 0.461 e. The van der Waals surface area contributed by atoms with Crippen molar-refractivity contribution in [1.29, 1.82) is 0 Å². The van der Waals surface area contributed by atoms with Crippen LogP contribution in [0.3, 0.4) is 0 Å². The van der Waals surface area contributed by atoms with Gasteiger partial charge in [0.1, 0.15) is 0 Å². The van der Waals surface area contributed by atoms with Crippen molar-refractivity contribution in [3.8, 4) is 11.5 Å². The highest BCUT2D eigenvalue weighted by molar-refractivity contribution is 5.48. The lowest BCUT2D eigenvalue weighted by Gasteiger charge is -2.41. The number of benzene rings is 1. The molecule has 0 saturated carbocycles. The molecule has 1 atom stereocenters. The van der Waals surface area contributed by atoms with Crippen LogP contribution in [0.4, 0.5) is 70.2 Å². The summed E-state index contributed by atoms with van der Waals surface area (Å²) in [5, 5.41) is 0. The molecule has 2 rings (SSSR count). The van der Waals surface area contributed by atoms with Crippen molar-refractivity contribution in [3.63, 3.8) is 0 Å². The lowest BCUT2D eigenvalue weighted by atomic mass is 9.86. The Bertz CT molecular complexity index is 921. The molecule has 0 radical (unpaired) electrons. The van der Waals surface area contributed by atoms with Gasteiger partial charge < -0.3 is 9.47 Å². The summed E-state index contributed by atoms with van der Waals surface area (Å²) in [7, 11) is 0. The zero-order valence-corrected chi connectivity index (χ0v) is 14.7. The van der Waals surface area contributed by atoms with Gasteiger partial charge >= 0.3 is 42.2 Å². The van der Waals surface area contributed by atoms with E-state index in [4.69, 9.17) is 0 Å². The van der Waals surface area contributed by atoms with Crippen LogP contribution >= 0.6 is 0 Å². The molecule has 0 aliphatic carbocycles.